The minimum Gasteiger partial charge on any atom is -0.486 e. The highest BCUT2D eigenvalue weighted by Crippen LogP contribution is 2.14. The van der Waals surface area contributed by atoms with Crippen LogP contribution < -0.4 is 10.2 Å². The molecule has 0 bridgehead atoms. The number of fused-ring (bicyclic) bond motifs is 1. The van der Waals surface area contributed by atoms with Crippen molar-refractivity contribution in [1.29, 1.82) is 0 Å². The quantitative estimate of drug-likeness (QED) is 0.726. The molecule has 0 amide bonds. The summed E-state index contributed by atoms with van der Waals surface area (Å²) in [5.74, 6) is 0.264. The van der Waals surface area contributed by atoms with Gasteiger partial charge >= 0.3 is 0 Å². The van der Waals surface area contributed by atoms with E-state index in [0.717, 1.165) is 6.42 Å². The number of hydrogen-bond donors (Lipinski definition) is 0. The second kappa shape index (κ2) is 5.61. The molecule has 0 unspecified atom stereocenters. The Morgan fingerprint density at radius 1 is 0.950 bits per heavy atom. The van der Waals surface area contributed by atoms with Crippen molar-refractivity contribution in [3.63, 3.8) is 0 Å². The van der Waals surface area contributed by atoms with Crippen molar-refractivity contribution in [2.24, 2.45) is 0 Å². The molecule has 0 spiro atoms. The Labute approximate surface area is 116 Å². The number of benzene rings is 2. The Bertz CT molecular complexity index is 760. The smallest absolute Gasteiger partial charge is 0.234 e. The summed E-state index contributed by atoms with van der Waals surface area (Å²) in [5, 5.41) is 0.546. The van der Waals surface area contributed by atoms with E-state index in [1.807, 2.05) is 42.5 Å². The van der Waals surface area contributed by atoms with E-state index >= 15 is 0 Å². The van der Waals surface area contributed by atoms with Crippen LogP contribution in [0.15, 0.2) is 70.1 Å². The number of para-hydroxylation sites is 1. The molecule has 0 atom stereocenters. The van der Waals surface area contributed by atoms with Crippen molar-refractivity contribution in [2.75, 3.05) is 6.61 Å². The fourth-order valence-electron chi connectivity index (χ4n) is 2.08. The molecule has 2 aromatic carbocycles. The number of rotatable bonds is 4. The topological polar surface area (TPSA) is 39.4 Å². The lowest BCUT2D eigenvalue weighted by molar-refractivity contribution is 0.310. The maximum atomic E-state index is 12.2. The molecule has 0 aliphatic heterocycles. The minimum atomic E-state index is -0.125. The number of ether oxygens (including phenoxy) is 1. The summed E-state index contributed by atoms with van der Waals surface area (Å²) in [4.78, 5) is 12.2. The van der Waals surface area contributed by atoms with Crippen LogP contribution in [0.2, 0.25) is 0 Å². The van der Waals surface area contributed by atoms with Crippen molar-refractivity contribution < 1.29 is 9.15 Å². The Morgan fingerprint density at radius 3 is 2.55 bits per heavy atom. The minimum absolute atomic E-state index is 0.125. The molecule has 0 aliphatic carbocycles. The van der Waals surface area contributed by atoms with Crippen LogP contribution in [0.5, 0.6) is 5.75 Å². The highest BCUT2D eigenvalue weighted by Gasteiger charge is 2.07. The normalized spacial score (nSPS) is 10.6. The van der Waals surface area contributed by atoms with Crippen LogP contribution in [0.3, 0.4) is 0 Å². The van der Waals surface area contributed by atoms with Crippen LogP contribution in [0, 0.1) is 0 Å². The van der Waals surface area contributed by atoms with Crippen LogP contribution in [-0.2, 0) is 6.42 Å². The third-order valence-electron chi connectivity index (χ3n) is 3.14. The van der Waals surface area contributed by atoms with Gasteiger partial charge in [-0.2, -0.15) is 0 Å². The lowest BCUT2D eigenvalue weighted by Gasteiger charge is -2.06. The van der Waals surface area contributed by atoms with E-state index in [2.05, 4.69) is 0 Å². The van der Waals surface area contributed by atoms with Crippen molar-refractivity contribution in [3.05, 3.63) is 76.6 Å². The Morgan fingerprint density at radius 2 is 1.70 bits per heavy atom. The molecular formula is C17H14O3. The fourth-order valence-corrected chi connectivity index (χ4v) is 2.08. The summed E-state index contributed by atoms with van der Waals surface area (Å²) in [5.41, 5.74) is 1.63. The Kier molecular flexibility index (Phi) is 3.50. The van der Waals surface area contributed by atoms with Crippen molar-refractivity contribution >= 4 is 11.0 Å². The standard InChI is InChI=1S/C17H14O3/c18-17-14-8-4-5-9-15(14)20-12-16(17)19-11-10-13-6-2-1-3-7-13/h1-9,12H,10-11H2. The molecule has 0 fully saturated rings. The van der Waals surface area contributed by atoms with Gasteiger partial charge in [-0.15, -0.1) is 0 Å². The maximum Gasteiger partial charge on any atom is 0.234 e. The third-order valence-corrected chi connectivity index (χ3v) is 3.14. The molecule has 3 rings (SSSR count). The molecule has 100 valence electrons. The summed E-state index contributed by atoms with van der Waals surface area (Å²) < 4.78 is 10.9. The molecule has 1 aromatic heterocycles. The summed E-state index contributed by atoms with van der Waals surface area (Å²) in [6, 6.07) is 17.2. The van der Waals surface area contributed by atoms with Gasteiger partial charge in [0.15, 0.2) is 0 Å². The first-order valence-electron chi connectivity index (χ1n) is 6.52. The average molecular weight is 266 g/mol. The van der Waals surface area contributed by atoms with Crippen LogP contribution in [0.1, 0.15) is 5.56 Å². The molecule has 20 heavy (non-hydrogen) atoms. The largest absolute Gasteiger partial charge is 0.486 e. The maximum absolute atomic E-state index is 12.2. The molecule has 0 radical (unpaired) electrons. The fraction of sp³-hybridized carbons (Fsp3) is 0.118. The Hall–Kier alpha value is -2.55. The van der Waals surface area contributed by atoms with Crippen LogP contribution in [-0.4, -0.2) is 6.61 Å². The van der Waals surface area contributed by atoms with Gasteiger partial charge in [0.05, 0.1) is 12.0 Å². The average Bonchev–Trinajstić information content (AvgIpc) is 2.51. The van der Waals surface area contributed by atoms with Crippen LogP contribution >= 0.6 is 0 Å². The van der Waals surface area contributed by atoms with Gasteiger partial charge in [0, 0.05) is 6.42 Å². The molecule has 3 aromatic rings. The second-order valence-corrected chi connectivity index (χ2v) is 4.51. The lowest BCUT2D eigenvalue weighted by Crippen LogP contribution is -2.10. The van der Waals surface area contributed by atoms with Gasteiger partial charge in [0.2, 0.25) is 11.2 Å². The van der Waals surface area contributed by atoms with Gasteiger partial charge in [-0.25, -0.2) is 0 Å². The zero-order chi connectivity index (χ0) is 13.8. The van der Waals surface area contributed by atoms with Crippen molar-refractivity contribution in [1.82, 2.24) is 0 Å². The van der Waals surface area contributed by atoms with Crippen molar-refractivity contribution in [2.45, 2.75) is 6.42 Å². The number of hydrogen-bond acceptors (Lipinski definition) is 3. The van der Waals surface area contributed by atoms with Gasteiger partial charge < -0.3 is 9.15 Å². The lowest BCUT2D eigenvalue weighted by atomic mass is 10.2. The Balaban J connectivity index is 1.75. The highest BCUT2D eigenvalue weighted by molar-refractivity contribution is 5.77. The predicted octanol–water partition coefficient (Wildman–Crippen LogP) is 3.41. The molecule has 3 heteroatoms. The molecule has 1 heterocycles. The second-order valence-electron chi connectivity index (χ2n) is 4.51. The van der Waals surface area contributed by atoms with Crippen LogP contribution in [0.25, 0.3) is 11.0 Å². The van der Waals surface area contributed by atoms with E-state index in [4.69, 9.17) is 9.15 Å². The molecule has 0 saturated heterocycles. The summed E-state index contributed by atoms with van der Waals surface area (Å²) >= 11 is 0. The van der Waals surface area contributed by atoms with Crippen LogP contribution in [0.4, 0.5) is 0 Å². The first kappa shape index (κ1) is 12.5. The monoisotopic (exact) mass is 266 g/mol. The summed E-state index contributed by atoms with van der Waals surface area (Å²) in [7, 11) is 0. The molecule has 0 N–H and O–H groups in total. The van der Waals surface area contributed by atoms with Gasteiger partial charge in [-0.05, 0) is 17.7 Å². The van der Waals surface area contributed by atoms with E-state index in [1.54, 1.807) is 12.1 Å². The van der Waals surface area contributed by atoms with Gasteiger partial charge in [0.1, 0.15) is 11.8 Å². The van der Waals surface area contributed by atoms with E-state index in [9.17, 15) is 4.79 Å². The molecule has 0 aliphatic rings. The van der Waals surface area contributed by atoms with E-state index in [0.29, 0.717) is 17.6 Å². The van der Waals surface area contributed by atoms with Gasteiger partial charge in [0.25, 0.3) is 0 Å². The molecule has 0 saturated carbocycles. The SMILES string of the molecule is O=c1c(OCCc2ccccc2)coc2ccccc12. The van der Waals surface area contributed by atoms with E-state index < -0.39 is 0 Å². The third kappa shape index (κ3) is 2.57. The summed E-state index contributed by atoms with van der Waals surface area (Å²) in [6.45, 7) is 0.452. The highest BCUT2D eigenvalue weighted by atomic mass is 16.5. The molecule has 3 nitrogen and oxygen atoms in total. The zero-order valence-corrected chi connectivity index (χ0v) is 10.9. The zero-order valence-electron chi connectivity index (χ0n) is 10.9. The molecular weight excluding hydrogens is 252 g/mol. The van der Waals surface area contributed by atoms with Gasteiger partial charge in [-0.1, -0.05) is 42.5 Å². The van der Waals surface area contributed by atoms with Gasteiger partial charge in [-0.3, -0.25) is 4.79 Å². The first-order chi connectivity index (χ1) is 9.84. The van der Waals surface area contributed by atoms with E-state index in [-0.39, 0.29) is 11.2 Å². The first-order valence-corrected chi connectivity index (χ1v) is 6.52. The van der Waals surface area contributed by atoms with E-state index in [1.165, 1.54) is 11.8 Å². The summed E-state index contributed by atoms with van der Waals surface area (Å²) in [6.07, 6.45) is 2.14. The predicted molar refractivity (Wildman–Crippen MR) is 78.1 cm³/mol. The van der Waals surface area contributed by atoms with Crippen molar-refractivity contribution in [3.8, 4) is 5.75 Å².